The van der Waals surface area contributed by atoms with Crippen LogP contribution in [0.3, 0.4) is 0 Å². The first-order valence-corrected chi connectivity index (χ1v) is 9.93. The quantitative estimate of drug-likeness (QED) is 0.884. The van der Waals surface area contributed by atoms with Crippen molar-refractivity contribution in [1.82, 2.24) is 25.0 Å². The van der Waals surface area contributed by atoms with Crippen molar-refractivity contribution in [2.45, 2.75) is 44.7 Å². The number of carbonyl (C=O) groups excluding carboxylic acids is 1. The minimum atomic E-state index is 0.222. The normalized spacial score (nSPS) is 19.5. The summed E-state index contributed by atoms with van der Waals surface area (Å²) in [5.41, 5.74) is 2.32. The third-order valence-corrected chi connectivity index (χ3v) is 5.97. The monoisotopic (exact) mass is 367 g/mol. The fourth-order valence-corrected chi connectivity index (χ4v) is 4.44. The largest absolute Gasteiger partial charge is 0.493 e. The van der Waals surface area contributed by atoms with Gasteiger partial charge in [-0.05, 0) is 30.0 Å². The lowest BCUT2D eigenvalue weighted by Crippen LogP contribution is -2.39. The van der Waals surface area contributed by atoms with Gasteiger partial charge in [-0.2, -0.15) is 0 Å². The van der Waals surface area contributed by atoms with Gasteiger partial charge >= 0.3 is 0 Å². The van der Waals surface area contributed by atoms with E-state index >= 15 is 0 Å². The molecule has 1 N–H and O–H groups in total. The SMILES string of the molecule is O=C(Cc1ccc2c(c1)CCO2)N1CCC(c2nnc3n2CCNC3)CC1. The second-order valence-corrected chi connectivity index (χ2v) is 7.68. The van der Waals surface area contributed by atoms with Crippen molar-refractivity contribution in [2.75, 3.05) is 26.2 Å². The molecule has 2 aromatic rings. The van der Waals surface area contributed by atoms with E-state index in [1.165, 1.54) is 5.56 Å². The molecular weight excluding hydrogens is 342 g/mol. The first-order valence-electron chi connectivity index (χ1n) is 9.93. The summed E-state index contributed by atoms with van der Waals surface area (Å²) in [5.74, 6) is 3.75. The van der Waals surface area contributed by atoms with E-state index in [-0.39, 0.29) is 5.91 Å². The Kier molecular flexibility index (Phi) is 4.32. The minimum Gasteiger partial charge on any atom is -0.493 e. The maximum Gasteiger partial charge on any atom is 0.226 e. The Bertz CT molecular complexity index is 854. The van der Waals surface area contributed by atoms with Gasteiger partial charge in [-0.1, -0.05) is 12.1 Å². The standard InChI is InChI=1S/C20H25N5O2/c26-19(12-14-1-2-17-16(11-14)5-10-27-17)24-7-3-15(4-8-24)20-23-22-18-13-21-6-9-25(18)20/h1-2,11,15,21H,3-10,12-13H2. The maximum atomic E-state index is 12.7. The van der Waals surface area contributed by atoms with Crippen LogP contribution >= 0.6 is 0 Å². The molecule has 0 spiro atoms. The van der Waals surface area contributed by atoms with Crippen molar-refractivity contribution < 1.29 is 9.53 Å². The second kappa shape index (κ2) is 6.96. The van der Waals surface area contributed by atoms with E-state index in [2.05, 4.69) is 26.1 Å². The second-order valence-electron chi connectivity index (χ2n) is 7.68. The summed E-state index contributed by atoms with van der Waals surface area (Å²) in [5, 5.41) is 12.1. The molecule has 5 rings (SSSR count). The number of hydrogen-bond acceptors (Lipinski definition) is 5. The predicted molar refractivity (Wildman–Crippen MR) is 99.6 cm³/mol. The summed E-state index contributed by atoms with van der Waals surface area (Å²) in [6.07, 6.45) is 3.36. The third-order valence-electron chi connectivity index (χ3n) is 5.97. The molecule has 7 heteroatoms. The molecule has 1 saturated heterocycles. The highest BCUT2D eigenvalue weighted by atomic mass is 16.5. The number of amides is 1. The highest BCUT2D eigenvalue weighted by Crippen LogP contribution is 2.29. The van der Waals surface area contributed by atoms with E-state index in [1.54, 1.807) is 0 Å². The van der Waals surface area contributed by atoms with E-state index in [4.69, 9.17) is 4.74 Å². The molecule has 0 saturated carbocycles. The smallest absolute Gasteiger partial charge is 0.226 e. The van der Waals surface area contributed by atoms with Crippen LogP contribution in [0.1, 0.15) is 41.5 Å². The van der Waals surface area contributed by atoms with Gasteiger partial charge in [0.05, 0.1) is 19.6 Å². The van der Waals surface area contributed by atoms with Crippen LogP contribution in [-0.2, 0) is 30.7 Å². The molecule has 27 heavy (non-hydrogen) atoms. The molecule has 0 aliphatic carbocycles. The van der Waals surface area contributed by atoms with E-state index in [0.29, 0.717) is 12.3 Å². The van der Waals surface area contributed by atoms with Crippen LogP contribution in [-0.4, -0.2) is 51.8 Å². The fourth-order valence-electron chi connectivity index (χ4n) is 4.44. The average Bonchev–Trinajstić information content (AvgIpc) is 3.34. The van der Waals surface area contributed by atoms with Crippen LogP contribution < -0.4 is 10.1 Å². The van der Waals surface area contributed by atoms with Crippen molar-refractivity contribution in [2.24, 2.45) is 0 Å². The Hall–Kier alpha value is -2.41. The Morgan fingerprint density at radius 2 is 2.11 bits per heavy atom. The summed E-state index contributed by atoms with van der Waals surface area (Å²) < 4.78 is 7.82. The predicted octanol–water partition coefficient (Wildman–Crippen LogP) is 1.26. The molecule has 1 aromatic carbocycles. The Labute approximate surface area is 158 Å². The summed E-state index contributed by atoms with van der Waals surface area (Å²) in [4.78, 5) is 14.8. The number of nitrogens with one attached hydrogen (secondary N) is 1. The van der Waals surface area contributed by atoms with Crippen LogP contribution in [0.15, 0.2) is 18.2 Å². The summed E-state index contributed by atoms with van der Waals surface area (Å²) >= 11 is 0. The first-order chi connectivity index (χ1) is 13.3. The lowest BCUT2D eigenvalue weighted by atomic mass is 9.95. The number of nitrogens with zero attached hydrogens (tertiary/aromatic N) is 4. The Morgan fingerprint density at radius 1 is 1.22 bits per heavy atom. The van der Waals surface area contributed by atoms with Gasteiger partial charge in [-0.25, -0.2) is 0 Å². The molecule has 1 amide bonds. The van der Waals surface area contributed by atoms with Gasteiger partial charge in [0, 0.05) is 38.5 Å². The Morgan fingerprint density at radius 3 is 3.00 bits per heavy atom. The van der Waals surface area contributed by atoms with Crippen LogP contribution in [0, 0.1) is 0 Å². The zero-order valence-electron chi connectivity index (χ0n) is 15.5. The molecule has 4 heterocycles. The van der Waals surface area contributed by atoms with Gasteiger partial charge in [0.25, 0.3) is 0 Å². The number of likely N-dealkylation sites (tertiary alicyclic amines) is 1. The molecule has 0 bridgehead atoms. The highest BCUT2D eigenvalue weighted by molar-refractivity contribution is 5.79. The van der Waals surface area contributed by atoms with Gasteiger partial charge in [0.2, 0.25) is 5.91 Å². The van der Waals surface area contributed by atoms with Crippen molar-refractivity contribution in [1.29, 1.82) is 0 Å². The zero-order valence-corrected chi connectivity index (χ0v) is 15.5. The number of rotatable bonds is 3. The number of carbonyl (C=O) groups is 1. The molecule has 0 unspecified atom stereocenters. The van der Waals surface area contributed by atoms with Crippen LogP contribution in [0.25, 0.3) is 0 Å². The van der Waals surface area contributed by atoms with Gasteiger partial charge in [-0.3, -0.25) is 4.79 Å². The fraction of sp³-hybridized carbons (Fsp3) is 0.550. The number of piperidine rings is 1. The molecule has 1 fully saturated rings. The van der Waals surface area contributed by atoms with Gasteiger partial charge in [0.15, 0.2) is 0 Å². The lowest BCUT2D eigenvalue weighted by Gasteiger charge is -2.32. The van der Waals surface area contributed by atoms with Crippen molar-refractivity contribution >= 4 is 5.91 Å². The molecule has 3 aliphatic rings. The van der Waals surface area contributed by atoms with E-state index < -0.39 is 0 Å². The molecular formula is C20H25N5O2. The molecule has 142 valence electrons. The number of aromatic nitrogens is 3. The summed E-state index contributed by atoms with van der Waals surface area (Å²) in [7, 11) is 0. The van der Waals surface area contributed by atoms with Crippen molar-refractivity contribution in [3.63, 3.8) is 0 Å². The van der Waals surface area contributed by atoms with Crippen LogP contribution in [0.4, 0.5) is 0 Å². The van der Waals surface area contributed by atoms with Crippen molar-refractivity contribution in [3.05, 3.63) is 41.0 Å². The topological polar surface area (TPSA) is 72.3 Å². The maximum absolute atomic E-state index is 12.7. The highest BCUT2D eigenvalue weighted by Gasteiger charge is 2.28. The minimum absolute atomic E-state index is 0.222. The zero-order chi connectivity index (χ0) is 18.2. The number of ether oxygens (including phenoxy) is 1. The lowest BCUT2D eigenvalue weighted by molar-refractivity contribution is -0.131. The molecule has 1 aromatic heterocycles. The number of fused-ring (bicyclic) bond motifs is 2. The van der Waals surface area contributed by atoms with Gasteiger partial charge in [0.1, 0.15) is 17.4 Å². The molecule has 0 radical (unpaired) electrons. The number of hydrogen-bond donors (Lipinski definition) is 1. The molecule has 7 nitrogen and oxygen atoms in total. The van der Waals surface area contributed by atoms with Crippen LogP contribution in [0.5, 0.6) is 5.75 Å². The molecule has 0 atom stereocenters. The molecule has 3 aliphatic heterocycles. The summed E-state index contributed by atoms with van der Waals surface area (Å²) in [6, 6.07) is 6.15. The van der Waals surface area contributed by atoms with Gasteiger partial charge in [-0.15, -0.1) is 10.2 Å². The first kappa shape index (κ1) is 16.7. The van der Waals surface area contributed by atoms with Crippen molar-refractivity contribution in [3.8, 4) is 5.75 Å². The van der Waals surface area contributed by atoms with Crippen LogP contribution in [0.2, 0.25) is 0 Å². The third kappa shape index (κ3) is 3.20. The van der Waals surface area contributed by atoms with E-state index in [0.717, 1.165) is 81.6 Å². The average molecular weight is 367 g/mol. The van der Waals surface area contributed by atoms with Gasteiger partial charge < -0.3 is 19.5 Å². The van der Waals surface area contributed by atoms with E-state index in [9.17, 15) is 4.79 Å². The number of benzene rings is 1. The Balaban J connectivity index is 1.20. The van der Waals surface area contributed by atoms with E-state index in [1.807, 2.05) is 17.0 Å². The summed E-state index contributed by atoms with van der Waals surface area (Å²) in [6.45, 7) is 5.08.